The second-order valence-corrected chi connectivity index (χ2v) is 7.42. The number of nitrogens with one attached hydrogen (secondary N) is 1. The molecule has 0 spiro atoms. The summed E-state index contributed by atoms with van der Waals surface area (Å²) in [6.07, 6.45) is 1.38. The first kappa shape index (κ1) is 20.3. The number of fused-ring (bicyclic) bond motifs is 1. The topological polar surface area (TPSA) is 56.8 Å². The second-order valence-electron chi connectivity index (χ2n) is 7.01. The van der Waals surface area contributed by atoms with Gasteiger partial charge in [0.2, 0.25) is 5.91 Å². The molecule has 0 bridgehead atoms. The Balaban J connectivity index is 1.81. The average Bonchev–Trinajstić information content (AvgIpc) is 3.14. The van der Waals surface area contributed by atoms with Crippen LogP contribution in [0.4, 0.5) is 0 Å². The molecule has 2 aromatic carbocycles. The number of rotatable bonds is 7. The summed E-state index contributed by atoms with van der Waals surface area (Å²) >= 11 is 6.51. The minimum absolute atomic E-state index is 0.000468. The highest BCUT2D eigenvalue weighted by atomic mass is 35.5. The molecule has 2 atom stereocenters. The molecule has 0 radical (unpaired) electrons. The van der Waals surface area contributed by atoms with Gasteiger partial charge in [-0.15, -0.1) is 0 Å². The number of carbonyl (C=O) groups is 1. The van der Waals surface area contributed by atoms with Crippen molar-refractivity contribution in [2.45, 2.75) is 32.8 Å². The predicted molar refractivity (Wildman–Crippen MR) is 111 cm³/mol. The highest BCUT2D eigenvalue weighted by Gasteiger charge is 2.27. The molecule has 0 aliphatic carbocycles. The largest absolute Gasteiger partial charge is 0.497 e. The van der Waals surface area contributed by atoms with E-state index < -0.39 is 0 Å². The van der Waals surface area contributed by atoms with Crippen molar-refractivity contribution in [3.8, 4) is 28.4 Å². The zero-order valence-electron chi connectivity index (χ0n) is 16.7. The number of hydrogen-bond acceptors (Lipinski definition) is 4. The number of halogens is 1. The van der Waals surface area contributed by atoms with Crippen molar-refractivity contribution in [3.05, 3.63) is 40.9 Å². The van der Waals surface area contributed by atoms with Crippen LogP contribution in [0, 0.1) is 5.92 Å². The lowest BCUT2D eigenvalue weighted by molar-refractivity contribution is -0.124. The molecule has 1 N–H and O–H groups in total. The molecular weight excluding hydrogens is 378 g/mol. The fraction of sp³-hybridized carbons (Fsp3) is 0.409. The van der Waals surface area contributed by atoms with Crippen molar-refractivity contribution in [2.24, 2.45) is 5.92 Å². The molecule has 1 aliphatic rings. The SMILES string of the molecule is CCC(C)C(=O)NCC1Cc2cc(-c3cc(OC)ccc3OC)cc(Cl)c2O1. The highest BCUT2D eigenvalue weighted by Crippen LogP contribution is 2.42. The average molecular weight is 404 g/mol. The van der Waals surface area contributed by atoms with Crippen LogP contribution in [-0.4, -0.2) is 32.8 Å². The fourth-order valence-corrected chi connectivity index (χ4v) is 3.55. The summed E-state index contributed by atoms with van der Waals surface area (Å²) < 4.78 is 16.8. The van der Waals surface area contributed by atoms with Crippen LogP contribution in [0.1, 0.15) is 25.8 Å². The van der Waals surface area contributed by atoms with Crippen LogP contribution in [0.5, 0.6) is 17.2 Å². The standard InChI is InChI=1S/C22H26ClNO4/c1-5-13(2)22(25)24-12-17-9-15-8-14(10-19(23)21(15)28-17)18-11-16(26-3)6-7-20(18)27-4/h6-8,10-11,13,17H,5,9,12H2,1-4H3,(H,24,25). The third kappa shape index (κ3) is 4.20. The predicted octanol–water partition coefficient (Wildman–Crippen LogP) is 4.49. The second kappa shape index (κ2) is 8.74. The van der Waals surface area contributed by atoms with Crippen molar-refractivity contribution in [1.29, 1.82) is 0 Å². The molecular formula is C22H26ClNO4. The summed E-state index contributed by atoms with van der Waals surface area (Å²) in [6, 6.07) is 9.60. The van der Waals surface area contributed by atoms with E-state index in [1.807, 2.05) is 38.1 Å². The maximum atomic E-state index is 12.0. The molecule has 0 saturated heterocycles. The molecule has 5 nitrogen and oxygen atoms in total. The molecule has 0 saturated carbocycles. The summed E-state index contributed by atoms with van der Waals surface area (Å²) in [5, 5.41) is 3.51. The lowest BCUT2D eigenvalue weighted by atomic mass is 9.99. The minimum atomic E-state index is -0.122. The first-order valence-electron chi connectivity index (χ1n) is 9.46. The van der Waals surface area contributed by atoms with Gasteiger partial charge >= 0.3 is 0 Å². The third-order valence-corrected chi connectivity index (χ3v) is 5.41. The molecule has 3 rings (SSSR count). The van der Waals surface area contributed by atoms with Crippen molar-refractivity contribution >= 4 is 17.5 Å². The van der Waals surface area contributed by atoms with Crippen LogP contribution < -0.4 is 19.5 Å². The van der Waals surface area contributed by atoms with E-state index in [2.05, 4.69) is 11.4 Å². The Labute approximate surface area is 170 Å². The number of ether oxygens (including phenoxy) is 3. The third-order valence-electron chi connectivity index (χ3n) is 5.13. The maximum Gasteiger partial charge on any atom is 0.222 e. The minimum Gasteiger partial charge on any atom is -0.497 e. The monoisotopic (exact) mass is 403 g/mol. The van der Waals surface area contributed by atoms with Crippen LogP contribution in [0.2, 0.25) is 5.02 Å². The van der Waals surface area contributed by atoms with Crippen molar-refractivity contribution in [2.75, 3.05) is 20.8 Å². The molecule has 1 heterocycles. The van der Waals surface area contributed by atoms with Gasteiger partial charge in [0.05, 0.1) is 25.8 Å². The van der Waals surface area contributed by atoms with Gasteiger partial charge in [0.25, 0.3) is 0 Å². The van der Waals surface area contributed by atoms with E-state index in [1.54, 1.807) is 14.2 Å². The van der Waals surface area contributed by atoms with Crippen molar-refractivity contribution < 1.29 is 19.0 Å². The van der Waals surface area contributed by atoms with Gasteiger partial charge in [0.15, 0.2) is 0 Å². The molecule has 2 aromatic rings. The van der Waals surface area contributed by atoms with E-state index in [4.69, 9.17) is 25.8 Å². The van der Waals surface area contributed by atoms with Gasteiger partial charge in [0.1, 0.15) is 23.4 Å². The van der Waals surface area contributed by atoms with Crippen molar-refractivity contribution in [3.63, 3.8) is 0 Å². The number of benzene rings is 2. The fourth-order valence-electron chi connectivity index (χ4n) is 3.27. The summed E-state index contributed by atoms with van der Waals surface area (Å²) in [7, 11) is 3.27. The Morgan fingerprint density at radius 3 is 2.75 bits per heavy atom. The maximum absolute atomic E-state index is 12.0. The summed E-state index contributed by atoms with van der Waals surface area (Å²) in [4.78, 5) is 12.0. The lowest BCUT2D eigenvalue weighted by Crippen LogP contribution is -2.37. The van der Waals surface area contributed by atoms with Gasteiger partial charge in [-0.25, -0.2) is 0 Å². The van der Waals surface area contributed by atoms with Gasteiger partial charge < -0.3 is 19.5 Å². The Morgan fingerprint density at radius 1 is 1.29 bits per heavy atom. The van der Waals surface area contributed by atoms with Crippen molar-refractivity contribution in [1.82, 2.24) is 5.32 Å². The molecule has 0 aromatic heterocycles. The Kier molecular flexibility index (Phi) is 6.35. The number of methoxy groups -OCH3 is 2. The van der Waals surface area contributed by atoms with Crippen LogP contribution in [0.25, 0.3) is 11.1 Å². The molecule has 1 amide bonds. The van der Waals surface area contributed by atoms with Crippen LogP contribution in [0.3, 0.4) is 0 Å². The first-order chi connectivity index (χ1) is 13.5. The smallest absolute Gasteiger partial charge is 0.222 e. The molecule has 150 valence electrons. The lowest BCUT2D eigenvalue weighted by Gasteiger charge is -2.14. The zero-order valence-corrected chi connectivity index (χ0v) is 17.4. The number of hydrogen-bond donors (Lipinski definition) is 1. The Bertz CT molecular complexity index is 868. The summed E-state index contributed by atoms with van der Waals surface area (Å²) in [6.45, 7) is 4.39. The van der Waals surface area contributed by atoms with Gasteiger partial charge in [-0.3, -0.25) is 4.79 Å². The van der Waals surface area contributed by atoms with Gasteiger partial charge in [-0.05, 0) is 42.3 Å². The van der Waals surface area contributed by atoms with E-state index in [9.17, 15) is 4.79 Å². The highest BCUT2D eigenvalue weighted by molar-refractivity contribution is 6.32. The zero-order chi connectivity index (χ0) is 20.3. The quantitative estimate of drug-likeness (QED) is 0.740. The molecule has 6 heteroatoms. The first-order valence-corrected chi connectivity index (χ1v) is 9.83. The number of carbonyl (C=O) groups excluding carboxylic acids is 1. The van der Waals surface area contributed by atoms with E-state index in [0.717, 1.165) is 34.6 Å². The molecule has 1 aliphatic heterocycles. The van der Waals surface area contributed by atoms with Gasteiger partial charge in [-0.1, -0.05) is 25.4 Å². The van der Waals surface area contributed by atoms with E-state index in [-0.39, 0.29) is 17.9 Å². The van der Waals surface area contributed by atoms with E-state index in [0.29, 0.717) is 23.7 Å². The Hall–Kier alpha value is -2.40. The number of amides is 1. The Morgan fingerprint density at radius 2 is 2.07 bits per heavy atom. The van der Waals surface area contributed by atoms with Gasteiger partial charge in [0, 0.05) is 23.5 Å². The van der Waals surface area contributed by atoms with Crippen LogP contribution in [-0.2, 0) is 11.2 Å². The van der Waals surface area contributed by atoms with E-state index in [1.165, 1.54) is 0 Å². The molecule has 0 fully saturated rings. The summed E-state index contributed by atoms with van der Waals surface area (Å²) in [5.41, 5.74) is 2.86. The van der Waals surface area contributed by atoms with Crippen LogP contribution >= 0.6 is 11.6 Å². The molecule has 28 heavy (non-hydrogen) atoms. The van der Waals surface area contributed by atoms with Crippen LogP contribution in [0.15, 0.2) is 30.3 Å². The normalized spacial score (nSPS) is 16.1. The van der Waals surface area contributed by atoms with Gasteiger partial charge in [-0.2, -0.15) is 0 Å². The summed E-state index contributed by atoms with van der Waals surface area (Å²) in [5.74, 6) is 2.23. The molecule has 2 unspecified atom stereocenters. The van der Waals surface area contributed by atoms with E-state index >= 15 is 0 Å².